The van der Waals surface area contributed by atoms with Gasteiger partial charge in [0.05, 0.1) is 6.04 Å². The number of hydrogen-bond acceptors (Lipinski definition) is 3. The Morgan fingerprint density at radius 2 is 2.71 bits per heavy atom. The van der Waals surface area contributed by atoms with Gasteiger partial charge < -0.3 is 10.5 Å². The highest BCUT2D eigenvalue weighted by molar-refractivity contribution is 5.72. The lowest BCUT2D eigenvalue weighted by Crippen LogP contribution is -2.10. The lowest BCUT2D eigenvalue weighted by Gasteiger charge is -1.89. The van der Waals surface area contributed by atoms with Gasteiger partial charge in [0.1, 0.15) is 6.61 Å². The Morgan fingerprint density at radius 3 is 2.86 bits per heavy atom. The molecule has 1 heterocycles. The van der Waals surface area contributed by atoms with Crippen LogP contribution < -0.4 is 5.73 Å². The molecule has 3 heteroatoms. The van der Waals surface area contributed by atoms with Gasteiger partial charge in [-0.2, -0.15) is 0 Å². The number of amidine groups is 1. The van der Waals surface area contributed by atoms with Gasteiger partial charge in [0.15, 0.2) is 0 Å². The van der Waals surface area contributed by atoms with Crippen LogP contribution in [-0.4, -0.2) is 18.7 Å². The van der Waals surface area contributed by atoms with Gasteiger partial charge in [-0.05, 0) is 6.92 Å². The summed E-state index contributed by atoms with van der Waals surface area (Å²) in [6.45, 7) is 2.60. The Hall–Kier alpha value is -0.730. The topological polar surface area (TPSA) is 47.6 Å². The molecule has 3 nitrogen and oxygen atoms in total. The lowest BCUT2D eigenvalue weighted by atomic mass is 10.4. The molecule has 1 aliphatic rings. The summed E-state index contributed by atoms with van der Waals surface area (Å²) in [7, 11) is 0. The molecule has 0 radical (unpaired) electrons. The molecule has 2 N–H and O–H groups in total. The molecule has 0 aromatic rings. The Kier molecular flexibility index (Phi) is 0.889. The van der Waals surface area contributed by atoms with E-state index >= 15 is 0 Å². The normalized spacial score (nSPS) is 29.3. The molecule has 0 aromatic heterocycles. The predicted molar refractivity (Wildman–Crippen MR) is 27.0 cm³/mol. The Morgan fingerprint density at radius 1 is 2.00 bits per heavy atom. The van der Waals surface area contributed by atoms with Crippen LogP contribution in [0.25, 0.3) is 0 Å². The van der Waals surface area contributed by atoms with Crippen molar-refractivity contribution in [3.05, 3.63) is 0 Å². The third kappa shape index (κ3) is 0.824. The van der Waals surface area contributed by atoms with E-state index < -0.39 is 0 Å². The summed E-state index contributed by atoms with van der Waals surface area (Å²) in [5.41, 5.74) is 5.15. The molecule has 1 aliphatic heterocycles. The van der Waals surface area contributed by atoms with Gasteiger partial charge in [-0.1, -0.05) is 0 Å². The van der Waals surface area contributed by atoms with Crippen LogP contribution in [0.3, 0.4) is 0 Å². The average Bonchev–Trinajstić information content (AvgIpc) is 1.87. The van der Waals surface area contributed by atoms with Crippen LogP contribution in [0.5, 0.6) is 0 Å². The van der Waals surface area contributed by atoms with Gasteiger partial charge in [-0.25, -0.2) is 4.99 Å². The molecule has 7 heavy (non-hydrogen) atoms. The number of nitrogens with two attached hydrogens (primary N) is 1. The molecule has 0 saturated carbocycles. The van der Waals surface area contributed by atoms with Crippen molar-refractivity contribution < 1.29 is 4.74 Å². The third-order valence-electron chi connectivity index (χ3n) is 0.820. The van der Waals surface area contributed by atoms with E-state index in [-0.39, 0.29) is 6.04 Å². The monoisotopic (exact) mass is 100 g/mol. The van der Waals surface area contributed by atoms with Crippen molar-refractivity contribution >= 4 is 6.02 Å². The van der Waals surface area contributed by atoms with Gasteiger partial charge in [0.25, 0.3) is 6.02 Å². The molecule has 0 bridgehead atoms. The second-order valence-electron chi connectivity index (χ2n) is 1.63. The molecule has 0 amide bonds. The van der Waals surface area contributed by atoms with E-state index in [1.165, 1.54) is 0 Å². The fourth-order valence-corrected chi connectivity index (χ4v) is 0.498. The molecule has 0 fully saturated rings. The van der Waals surface area contributed by atoms with Crippen LogP contribution in [0.2, 0.25) is 0 Å². The highest BCUT2D eigenvalue weighted by atomic mass is 16.5. The highest BCUT2D eigenvalue weighted by Crippen LogP contribution is 1.97. The van der Waals surface area contributed by atoms with Crippen molar-refractivity contribution in [1.82, 2.24) is 0 Å². The van der Waals surface area contributed by atoms with Gasteiger partial charge in [-0.15, -0.1) is 0 Å². The van der Waals surface area contributed by atoms with Crippen molar-refractivity contribution in [3.63, 3.8) is 0 Å². The van der Waals surface area contributed by atoms with Gasteiger partial charge >= 0.3 is 0 Å². The van der Waals surface area contributed by atoms with Crippen LogP contribution in [0.15, 0.2) is 4.99 Å². The molecular formula is C4H8N2O. The highest BCUT2D eigenvalue weighted by Gasteiger charge is 2.08. The fourth-order valence-electron chi connectivity index (χ4n) is 0.498. The van der Waals surface area contributed by atoms with Gasteiger partial charge in [-0.3, -0.25) is 0 Å². The van der Waals surface area contributed by atoms with Crippen LogP contribution >= 0.6 is 0 Å². The minimum absolute atomic E-state index is 0.264. The summed E-state index contributed by atoms with van der Waals surface area (Å²) in [6, 6.07) is 0.590. The van der Waals surface area contributed by atoms with Crippen molar-refractivity contribution in [3.8, 4) is 0 Å². The van der Waals surface area contributed by atoms with Crippen LogP contribution in [-0.2, 0) is 4.74 Å². The fraction of sp³-hybridized carbons (Fsp3) is 0.750. The summed E-state index contributed by atoms with van der Waals surface area (Å²) in [5.74, 6) is 0. The predicted octanol–water partition coefficient (Wildman–Crippen LogP) is -0.280. The Bertz CT molecular complexity index is 99.9. The second-order valence-corrected chi connectivity index (χ2v) is 1.63. The maximum atomic E-state index is 5.15. The quantitative estimate of drug-likeness (QED) is 0.455. The first-order chi connectivity index (χ1) is 3.29. The molecule has 1 unspecified atom stereocenters. The first kappa shape index (κ1) is 4.43. The SMILES string of the molecule is CC1COC(N)=N1. The van der Waals surface area contributed by atoms with E-state index in [1.807, 2.05) is 6.92 Å². The Labute approximate surface area is 42.2 Å². The van der Waals surface area contributed by atoms with Crippen molar-refractivity contribution in [2.75, 3.05) is 6.61 Å². The maximum Gasteiger partial charge on any atom is 0.282 e. The molecule has 0 saturated heterocycles. The number of aliphatic imine (C=N–C) groups is 1. The van der Waals surface area contributed by atoms with E-state index in [4.69, 9.17) is 10.5 Å². The number of hydrogen-bond donors (Lipinski definition) is 1. The molecule has 40 valence electrons. The van der Waals surface area contributed by atoms with Crippen molar-refractivity contribution in [2.24, 2.45) is 10.7 Å². The lowest BCUT2D eigenvalue weighted by molar-refractivity contribution is 0.319. The smallest absolute Gasteiger partial charge is 0.282 e. The van der Waals surface area contributed by atoms with Crippen molar-refractivity contribution in [2.45, 2.75) is 13.0 Å². The molecule has 0 aliphatic carbocycles. The summed E-state index contributed by atoms with van der Waals surface area (Å²) in [6.07, 6.45) is 0. The molecule has 0 aromatic carbocycles. The first-order valence-corrected chi connectivity index (χ1v) is 2.25. The zero-order chi connectivity index (χ0) is 5.28. The van der Waals surface area contributed by atoms with Crippen LogP contribution in [0.4, 0.5) is 0 Å². The minimum atomic E-state index is 0.264. The van der Waals surface area contributed by atoms with E-state index in [9.17, 15) is 0 Å². The molecular weight excluding hydrogens is 92.1 g/mol. The van der Waals surface area contributed by atoms with Gasteiger partial charge in [0.2, 0.25) is 0 Å². The summed E-state index contributed by atoms with van der Waals surface area (Å²) in [5, 5.41) is 0. The minimum Gasteiger partial charge on any atom is -0.463 e. The largest absolute Gasteiger partial charge is 0.463 e. The summed E-state index contributed by atoms with van der Waals surface area (Å²) < 4.78 is 4.79. The zero-order valence-corrected chi connectivity index (χ0v) is 4.22. The number of rotatable bonds is 0. The molecule has 1 rings (SSSR count). The van der Waals surface area contributed by atoms with Crippen LogP contribution in [0, 0.1) is 0 Å². The van der Waals surface area contributed by atoms with E-state index in [1.54, 1.807) is 0 Å². The Balaban J connectivity index is 2.50. The molecule has 1 atom stereocenters. The van der Waals surface area contributed by atoms with E-state index in [0.29, 0.717) is 12.6 Å². The van der Waals surface area contributed by atoms with Gasteiger partial charge in [0, 0.05) is 0 Å². The second kappa shape index (κ2) is 1.40. The van der Waals surface area contributed by atoms with Crippen LogP contribution in [0.1, 0.15) is 6.92 Å². The van der Waals surface area contributed by atoms with E-state index in [2.05, 4.69) is 4.99 Å². The standard InChI is InChI=1S/C4H8N2O/c1-3-2-7-4(5)6-3/h3H,2H2,1H3,(H2,5,6). The molecule has 0 spiro atoms. The zero-order valence-electron chi connectivity index (χ0n) is 4.22. The summed E-state index contributed by atoms with van der Waals surface area (Å²) >= 11 is 0. The van der Waals surface area contributed by atoms with E-state index in [0.717, 1.165) is 0 Å². The average molecular weight is 100 g/mol. The maximum absolute atomic E-state index is 5.15. The third-order valence-corrected chi connectivity index (χ3v) is 0.820. The summed E-state index contributed by atoms with van der Waals surface area (Å²) in [4.78, 5) is 3.86. The van der Waals surface area contributed by atoms with Crippen molar-refractivity contribution in [1.29, 1.82) is 0 Å². The number of nitrogens with zero attached hydrogens (tertiary/aromatic N) is 1. The number of ether oxygens (including phenoxy) is 1. The first-order valence-electron chi connectivity index (χ1n) is 2.25.